The number of imidazole rings is 1. The van der Waals surface area contributed by atoms with E-state index in [-0.39, 0.29) is 11.4 Å². The number of sulfonamides is 1. The van der Waals surface area contributed by atoms with Crippen molar-refractivity contribution in [2.45, 2.75) is 43.4 Å². The number of hydrogen-bond acceptors (Lipinski definition) is 4. The minimum absolute atomic E-state index is 0.0450. The lowest BCUT2D eigenvalue weighted by atomic mass is 10.2. The number of aryl methyl sites for hydroxylation is 2. The summed E-state index contributed by atoms with van der Waals surface area (Å²) in [5.41, 5.74) is -0.515. The Kier molecular flexibility index (Phi) is 4.58. The number of halogens is 3. The molecule has 1 aliphatic rings. The van der Waals surface area contributed by atoms with Crippen molar-refractivity contribution >= 4 is 10.0 Å². The molecule has 0 N–H and O–H groups in total. The Morgan fingerprint density at radius 1 is 1.28 bits per heavy atom. The van der Waals surface area contributed by atoms with Crippen LogP contribution in [0.4, 0.5) is 13.2 Å². The van der Waals surface area contributed by atoms with Gasteiger partial charge in [0, 0.05) is 32.4 Å². The summed E-state index contributed by atoms with van der Waals surface area (Å²) < 4.78 is 65.7. The third-order valence-electron chi connectivity index (χ3n) is 4.08. The summed E-state index contributed by atoms with van der Waals surface area (Å²) in [6.45, 7) is 0.908. The van der Waals surface area contributed by atoms with Crippen molar-refractivity contribution in [2.24, 2.45) is 0 Å². The summed E-state index contributed by atoms with van der Waals surface area (Å²) in [5.74, 6) is 0.934. The van der Waals surface area contributed by atoms with Crippen LogP contribution < -0.4 is 0 Å². The van der Waals surface area contributed by atoms with E-state index >= 15 is 0 Å². The molecule has 0 saturated heterocycles. The smallest absolute Gasteiger partial charge is 0.335 e. The molecule has 2 aromatic rings. The summed E-state index contributed by atoms with van der Waals surface area (Å²) in [6, 6.07) is 1.58. The average molecular weight is 374 g/mol. The Bertz CT molecular complexity index is 836. The molecule has 0 unspecified atom stereocenters. The zero-order valence-corrected chi connectivity index (χ0v) is 14.3. The highest BCUT2D eigenvalue weighted by molar-refractivity contribution is 7.89. The van der Waals surface area contributed by atoms with E-state index in [2.05, 4.69) is 9.97 Å². The van der Waals surface area contributed by atoms with Gasteiger partial charge in [-0.2, -0.15) is 17.5 Å². The number of aromatic nitrogens is 3. The summed E-state index contributed by atoms with van der Waals surface area (Å²) in [6.07, 6.45) is 0.928. The van der Waals surface area contributed by atoms with E-state index in [1.54, 1.807) is 0 Å². The van der Waals surface area contributed by atoms with Gasteiger partial charge in [0.2, 0.25) is 10.0 Å². The Hall–Kier alpha value is -1.94. The first kappa shape index (κ1) is 17.9. The second-order valence-electron chi connectivity index (χ2n) is 5.94. The van der Waals surface area contributed by atoms with E-state index in [0.29, 0.717) is 11.8 Å². The molecule has 0 spiro atoms. The van der Waals surface area contributed by atoms with E-state index in [1.807, 2.05) is 10.8 Å². The molecule has 0 fully saturated rings. The molecular formula is C15H17F3N4O2S. The fourth-order valence-electron chi connectivity index (χ4n) is 2.74. The molecule has 3 rings (SSSR count). The quantitative estimate of drug-likeness (QED) is 0.824. The lowest BCUT2D eigenvalue weighted by Gasteiger charge is -2.16. The maximum atomic E-state index is 12.5. The molecule has 136 valence electrons. The van der Waals surface area contributed by atoms with Crippen LogP contribution >= 0.6 is 0 Å². The molecule has 10 heteroatoms. The van der Waals surface area contributed by atoms with Crippen LogP contribution in [0, 0.1) is 0 Å². The highest BCUT2D eigenvalue weighted by Crippen LogP contribution is 2.28. The number of pyridine rings is 1. The zero-order valence-electron chi connectivity index (χ0n) is 13.5. The van der Waals surface area contributed by atoms with Crippen LogP contribution in [0.1, 0.15) is 30.1 Å². The van der Waals surface area contributed by atoms with Gasteiger partial charge in [0.1, 0.15) is 16.4 Å². The van der Waals surface area contributed by atoms with Crippen LogP contribution in [0.3, 0.4) is 0 Å². The topological polar surface area (TPSA) is 68.1 Å². The predicted octanol–water partition coefficient (Wildman–Crippen LogP) is 2.45. The standard InChI is InChI=1S/C15H17F3N4O2S/c1-21(9-11-10-22-7-3-2-4-14(22)20-11)25(23,24)12-5-6-13(19-8-12)15(16,17)18/h5-6,8,10H,2-4,7,9H2,1H3. The lowest BCUT2D eigenvalue weighted by molar-refractivity contribution is -0.141. The minimum atomic E-state index is -4.61. The first-order valence-electron chi connectivity index (χ1n) is 7.72. The lowest BCUT2D eigenvalue weighted by Crippen LogP contribution is -2.27. The molecule has 1 aliphatic heterocycles. The van der Waals surface area contributed by atoms with Crippen molar-refractivity contribution in [3.8, 4) is 0 Å². The van der Waals surface area contributed by atoms with E-state index in [0.717, 1.165) is 48.2 Å². The molecule has 3 heterocycles. The third kappa shape index (κ3) is 3.69. The van der Waals surface area contributed by atoms with Gasteiger partial charge >= 0.3 is 6.18 Å². The van der Waals surface area contributed by atoms with Gasteiger partial charge in [-0.15, -0.1) is 0 Å². The Morgan fingerprint density at radius 3 is 2.64 bits per heavy atom. The SMILES string of the molecule is CN(Cc1cn2c(n1)CCCC2)S(=O)(=O)c1ccc(C(F)(F)F)nc1. The number of fused-ring (bicyclic) bond motifs is 1. The van der Waals surface area contributed by atoms with E-state index < -0.39 is 21.9 Å². The van der Waals surface area contributed by atoms with Crippen LogP contribution in [-0.4, -0.2) is 34.3 Å². The van der Waals surface area contributed by atoms with Crippen molar-refractivity contribution in [3.63, 3.8) is 0 Å². The van der Waals surface area contributed by atoms with E-state index in [9.17, 15) is 21.6 Å². The fraction of sp³-hybridized carbons (Fsp3) is 0.467. The van der Waals surface area contributed by atoms with Crippen molar-refractivity contribution in [1.29, 1.82) is 0 Å². The molecule has 0 amide bonds. The number of rotatable bonds is 4. The van der Waals surface area contributed by atoms with Gasteiger partial charge in [0.05, 0.1) is 12.2 Å². The molecule has 0 saturated carbocycles. The average Bonchev–Trinajstić information content (AvgIpc) is 2.96. The van der Waals surface area contributed by atoms with Crippen molar-refractivity contribution in [2.75, 3.05) is 7.05 Å². The van der Waals surface area contributed by atoms with Crippen molar-refractivity contribution in [3.05, 3.63) is 41.7 Å². The van der Waals surface area contributed by atoms with E-state index in [4.69, 9.17) is 0 Å². The molecule has 0 radical (unpaired) electrons. The van der Waals surface area contributed by atoms with Crippen LogP contribution in [-0.2, 0) is 35.7 Å². The summed E-state index contributed by atoms with van der Waals surface area (Å²) in [5, 5.41) is 0. The monoisotopic (exact) mass is 374 g/mol. The number of alkyl halides is 3. The largest absolute Gasteiger partial charge is 0.433 e. The normalized spacial score (nSPS) is 15.4. The van der Waals surface area contributed by atoms with Crippen molar-refractivity contribution in [1.82, 2.24) is 18.8 Å². The Labute approximate surface area is 143 Å². The van der Waals surface area contributed by atoms with Gasteiger partial charge in [-0.3, -0.25) is 4.98 Å². The maximum absolute atomic E-state index is 12.5. The van der Waals surface area contributed by atoms with Gasteiger partial charge in [-0.1, -0.05) is 0 Å². The highest BCUT2D eigenvalue weighted by Gasteiger charge is 2.33. The molecule has 0 aliphatic carbocycles. The first-order valence-corrected chi connectivity index (χ1v) is 9.16. The molecule has 0 aromatic carbocycles. The highest BCUT2D eigenvalue weighted by atomic mass is 32.2. The van der Waals surface area contributed by atoms with Gasteiger partial charge in [-0.25, -0.2) is 13.4 Å². The van der Waals surface area contributed by atoms with Gasteiger partial charge in [0.15, 0.2) is 0 Å². The predicted molar refractivity (Wildman–Crippen MR) is 83.1 cm³/mol. The number of nitrogens with zero attached hydrogens (tertiary/aromatic N) is 4. The molecule has 25 heavy (non-hydrogen) atoms. The zero-order chi connectivity index (χ0) is 18.2. The number of hydrogen-bond donors (Lipinski definition) is 0. The van der Waals surface area contributed by atoms with Crippen LogP contribution in [0.25, 0.3) is 0 Å². The van der Waals surface area contributed by atoms with Crippen LogP contribution in [0.5, 0.6) is 0 Å². The summed E-state index contributed by atoms with van der Waals surface area (Å²) in [7, 11) is -2.58. The van der Waals surface area contributed by atoms with Crippen LogP contribution in [0.2, 0.25) is 0 Å². The second kappa shape index (κ2) is 6.41. The van der Waals surface area contributed by atoms with Gasteiger partial charge < -0.3 is 4.57 Å². The van der Waals surface area contributed by atoms with Gasteiger partial charge in [-0.05, 0) is 25.0 Å². The molecular weight excluding hydrogens is 357 g/mol. The Morgan fingerprint density at radius 2 is 2.04 bits per heavy atom. The molecule has 0 bridgehead atoms. The maximum Gasteiger partial charge on any atom is 0.433 e. The third-order valence-corrected chi connectivity index (χ3v) is 5.87. The molecule has 6 nitrogen and oxygen atoms in total. The molecule has 2 aromatic heterocycles. The summed E-state index contributed by atoms with van der Waals surface area (Å²) in [4.78, 5) is 7.36. The second-order valence-corrected chi connectivity index (χ2v) is 7.98. The van der Waals surface area contributed by atoms with E-state index in [1.165, 1.54) is 7.05 Å². The van der Waals surface area contributed by atoms with Crippen molar-refractivity contribution < 1.29 is 21.6 Å². The van der Waals surface area contributed by atoms with Crippen LogP contribution in [0.15, 0.2) is 29.4 Å². The minimum Gasteiger partial charge on any atom is -0.335 e. The summed E-state index contributed by atoms with van der Waals surface area (Å²) >= 11 is 0. The molecule has 0 atom stereocenters. The first-order chi connectivity index (χ1) is 11.7. The Balaban J connectivity index is 1.78. The fourth-order valence-corrected chi connectivity index (χ4v) is 3.83. The van der Waals surface area contributed by atoms with Gasteiger partial charge in [0.25, 0.3) is 0 Å².